The van der Waals surface area contributed by atoms with Gasteiger partial charge in [-0.25, -0.2) is 0 Å². The van der Waals surface area contributed by atoms with Gasteiger partial charge in [-0.2, -0.15) is 11.8 Å². The number of hydrogen-bond acceptors (Lipinski definition) is 4. The maximum atomic E-state index is 9.72. The molecule has 0 radical (unpaired) electrons. The third kappa shape index (κ3) is 6.76. The van der Waals surface area contributed by atoms with Crippen molar-refractivity contribution in [3.63, 3.8) is 0 Å². The van der Waals surface area contributed by atoms with Crippen LogP contribution in [0.1, 0.15) is 37.5 Å². The summed E-state index contributed by atoms with van der Waals surface area (Å²) in [6, 6.07) is 3.60. The fraction of sp³-hybridized carbons (Fsp3) is 0.692. The Morgan fingerprint density at radius 1 is 1.35 bits per heavy atom. The molecule has 0 spiro atoms. The Morgan fingerprint density at radius 2 is 2.18 bits per heavy atom. The van der Waals surface area contributed by atoms with Gasteiger partial charge in [-0.05, 0) is 43.5 Å². The van der Waals surface area contributed by atoms with Crippen molar-refractivity contribution in [1.29, 1.82) is 0 Å². The molecule has 1 aromatic heterocycles. The first-order valence-electron chi connectivity index (χ1n) is 6.25. The lowest BCUT2D eigenvalue weighted by Gasteiger charge is -2.09. The summed E-state index contributed by atoms with van der Waals surface area (Å²) in [5, 5.41) is 13.0. The number of aliphatic hydroxyl groups excluding tert-OH is 1. The minimum atomic E-state index is -0.526. The molecule has 2 N–H and O–H groups in total. The second kappa shape index (κ2) is 9.57. The number of furan rings is 1. The first-order chi connectivity index (χ1) is 8.34. The highest BCUT2D eigenvalue weighted by molar-refractivity contribution is 7.98. The molecule has 3 nitrogen and oxygen atoms in total. The van der Waals surface area contributed by atoms with Crippen LogP contribution >= 0.6 is 11.8 Å². The zero-order chi connectivity index (χ0) is 12.3. The molecule has 98 valence electrons. The monoisotopic (exact) mass is 257 g/mol. The van der Waals surface area contributed by atoms with Crippen molar-refractivity contribution < 1.29 is 9.52 Å². The minimum absolute atomic E-state index is 0.526. The molecule has 4 heteroatoms. The van der Waals surface area contributed by atoms with Gasteiger partial charge in [0.2, 0.25) is 0 Å². The quantitative estimate of drug-likeness (QED) is 0.633. The number of unbranched alkanes of at least 4 members (excludes halogenated alkanes) is 3. The highest BCUT2D eigenvalue weighted by Crippen LogP contribution is 2.11. The largest absolute Gasteiger partial charge is 0.467 e. The summed E-state index contributed by atoms with van der Waals surface area (Å²) in [4.78, 5) is 0. The van der Waals surface area contributed by atoms with Gasteiger partial charge in [0.05, 0.1) is 6.26 Å². The van der Waals surface area contributed by atoms with Crippen LogP contribution in [0.2, 0.25) is 0 Å². The van der Waals surface area contributed by atoms with E-state index in [-0.39, 0.29) is 0 Å². The zero-order valence-corrected chi connectivity index (χ0v) is 11.3. The van der Waals surface area contributed by atoms with Gasteiger partial charge in [-0.3, -0.25) is 0 Å². The minimum Gasteiger partial charge on any atom is -0.467 e. The normalized spacial score (nSPS) is 12.8. The van der Waals surface area contributed by atoms with Crippen LogP contribution in [-0.4, -0.2) is 30.2 Å². The molecule has 0 bridgehead atoms. The molecular formula is C13H23NO2S. The Balaban J connectivity index is 1.90. The number of nitrogens with one attached hydrogen (secondary N) is 1. The zero-order valence-electron chi connectivity index (χ0n) is 10.5. The second-order valence-corrected chi connectivity index (χ2v) is 5.13. The van der Waals surface area contributed by atoms with Gasteiger partial charge >= 0.3 is 0 Å². The van der Waals surface area contributed by atoms with Crippen LogP contribution in [0.25, 0.3) is 0 Å². The summed E-state index contributed by atoms with van der Waals surface area (Å²) in [7, 11) is 0. The smallest absolute Gasteiger partial charge is 0.133 e. The molecule has 1 unspecified atom stereocenters. The fourth-order valence-corrected chi connectivity index (χ4v) is 2.16. The maximum Gasteiger partial charge on any atom is 0.133 e. The molecule has 0 aliphatic rings. The molecule has 1 atom stereocenters. The highest BCUT2D eigenvalue weighted by atomic mass is 32.2. The first kappa shape index (κ1) is 14.6. The van der Waals surface area contributed by atoms with Crippen molar-refractivity contribution in [2.75, 3.05) is 25.1 Å². The van der Waals surface area contributed by atoms with E-state index in [0.29, 0.717) is 12.3 Å². The summed E-state index contributed by atoms with van der Waals surface area (Å²) in [5.41, 5.74) is 0. The van der Waals surface area contributed by atoms with Gasteiger partial charge < -0.3 is 14.8 Å². The van der Waals surface area contributed by atoms with E-state index < -0.39 is 6.10 Å². The van der Waals surface area contributed by atoms with Crippen LogP contribution in [0, 0.1) is 0 Å². The van der Waals surface area contributed by atoms with Gasteiger partial charge in [-0.1, -0.05) is 12.8 Å². The fourth-order valence-electron chi connectivity index (χ4n) is 1.67. The van der Waals surface area contributed by atoms with E-state index in [1.165, 1.54) is 31.4 Å². The van der Waals surface area contributed by atoms with Crippen LogP contribution in [0.5, 0.6) is 0 Å². The van der Waals surface area contributed by atoms with E-state index >= 15 is 0 Å². The Bertz CT molecular complexity index is 264. The van der Waals surface area contributed by atoms with Crippen molar-refractivity contribution in [1.82, 2.24) is 5.32 Å². The van der Waals surface area contributed by atoms with Crippen molar-refractivity contribution in [2.24, 2.45) is 0 Å². The maximum absolute atomic E-state index is 9.72. The Labute approximate surface area is 108 Å². The summed E-state index contributed by atoms with van der Waals surface area (Å²) in [6.45, 7) is 1.54. The van der Waals surface area contributed by atoms with E-state index in [1.54, 1.807) is 18.4 Å². The molecule has 0 amide bonds. The first-order valence-corrected chi connectivity index (χ1v) is 7.65. The topological polar surface area (TPSA) is 45.4 Å². The average molecular weight is 257 g/mol. The van der Waals surface area contributed by atoms with Gasteiger partial charge in [-0.15, -0.1) is 0 Å². The summed E-state index contributed by atoms with van der Waals surface area (Å²) in [5.74, 6) is 1.91. The predicted octanol–water partition coefficient (Wildman–Crippen LogP) is 2.83. The van der Waals surface area contributed by atoms with Gasteiger partial charge in [0.15, 0.2) is 0 Å². The van der Waals surface area contributed by atoms with Crippen LogP contribution in [0.4, 0.5) is 0 Å². The summed E-state index contributed by atoms with van der Waals surface area (Å²) < 4.78 is 5.13. The molecule has 17 heavy (non-hydrogen) atoms. The lowest BCUT2D eigenvalue weighted by Crippen LogP contribution is -2.22. The lowest BCUT2D eigenvalue weighted by molar-refractivity contribution is 0.147. The molecule has 0 aliphatic heterocycles. The average Bonchev–Trinajstić information content (AvgIpc) is 2.86. The van der Waals surface area contributed by atoms with Crippen LogP contribution in [0.15, 0.2) is 22.8 Å². The Morgan fingerprint density at radius 3 is 2.88 bits per heavy atom. The number of thioether (sulfide) groups is 1. The van der Waals surface area contributed by atoms with Crippen LogP contribution < -0.4 is 5.32 Å². The van der Waals surface area contributed by atoms with Crippen molar-refractivity contribution in [2.45, 2.75) is 31.8 Å². The summed E-state index contributed by atoms with van der Waals surface area (Å²) in [6.07, 6.45) is 8.28. The van der Waals surface area contributed by atoms with Gasteiger partial charge in [0.25, 0.3) is 0 Å². The van der Waals surface area contributed by atoms with Crippen molar-refractivity contribution in [3.8, 4) is 0 Å². The molecule has 1 heterocycles. The number of rotatable bonds is 10. The summed E-state index contributed by atoms with van der Waals surface area (Å²) >= 11 is 1.91. The number of hydrogen-bond donors (Lipinski definition) is 2. The third-order valence-corrected chi connectivity index (χ3v) is 3.36. The van der Waals surface area contributed by atoms with Gasteiger partial charge in [0.1, 0.15) is 11.9 Å². The Hall–Kier alpha value is -0.450. The standard InChI is InChI=1S/C13H23NO2S/c1-17-10-5-3-2-4-8-14-11-12(15)13-7-6-9-16-13/h6-7,9,12,14-15H,2-5,8,10-11H2,1H3. The molecule has 0 aliphatic carbocycles. The van der Waals surface area contributed by atoms with E-state index in [9.17, 15) is 5.11 Å². The molecule has 0 fully saturated rings. The van der Waals surface area contributed by atoms with Crippen LogP contribution in [0.3, 0.4) is 0 Å². The third-order valence-electron chi connectivity index (χ3n) is 2.66. The van der Waals surface area contributed by atoms with Crippen LogP contribution in [-0.2, 0) is 0 Å². The molecule has 0 saturated carbocycles. The van der Waals surface area contributed by atoms with Crippen molar-refractivity contribution in [3.05, 3.63) is 24.2 Å². The Kier molecular flexibility index (Phi) is 8.22. The predicted molar refractivity (Wildman–Crippen MR) is 73.4 cm³/mol. The molecule has 0 saturated heterocycles. The van der Waals surface area contributed by atoms with E-state index in [0.717, 1.165) is 6.54 Å². The second-order valence-electron chi connectivity index (χ2n) is 4.14. The highest BCUT2D eigenvalue weighted by Gasteiger charge is 2.08. The molecule has 0 aromatic carbocycles. The van der Waals surface area contributed by atoms with Gasteiger partial charge in [0, 0.05) is 6.54 Å². The molecular weight excluding hydrogens is 234 g/mol. The van der Waals surface area contributed by atoms with E-state index in [4.69, 9.17) is 4.42 Å². The van der Waals surface area contributed by atoms with Crippen molar-refractivity contribution >= 4 is 11.8 Å². The number of aliphatic hydroxyl groups is 1. The lowest BCUT2D eigenvalue weighted by atomic mass is 10.2. The van der Waals surface area contributed by atoms with E-state index in [2.05, 4.69) is 11.6 Å². The molecule has 1 aromatic rings. The SMILES string of the molecule is CSCCCCCCNCC(O)c1ccco1. The van der Waals surface area contributed by atoms with E-state index in [1.807, 2.05) is 11.8 Å². The molecule has 1 rings (SSSR count).